The predicted molar refractivity (Wildman–Crippen MR) is 82.1 cm³/mol. The molecule has 2 rings (SSSR count). The Morgan fingerprint density at radius 1 is 1.30 bits per heavy atom. The molecule has 3 unspecified atom stereocenters. The highest BCUT2D eigenvalue weighted by Gasteiger charge is 2.27. The van der Waals surface area contributed by atoms with E-state index in [0.717, 1.165) is 17.2 Å². The number of carbonyl (C=O) groups is 1. The van der Waals surface area contributed by atoms with Crippen LogP contribution in [0.3, 0.4) is 0 Å². The third-order valence-corrected chi connectivity index (χ3v) is 4.63. The van der Waals surface area contributed by atoms with Crippen LogP contribution in [-0.4, -0.2) is 19.1 Å². The van der Waals surface area contributed by atoms with Gasteiger partial charge in [-0.1, -0.05) is 38.3 Å². The molecular weight excluding hydrogens is 250 g/mol. The summed E-state index contributed by atoms with van der Waals surface area (Å²) in [5.41, 5.74) is 2.60. The lowest BCUT2D eigenvalue weighted by molar-refractivity contribution is 0.0601. The van der Waals surface area contributed by atoms with Gasteiger partial charge in [0.1, 0.15) is 0 Å². The SMILES string of the molecule is COC(=O)c1cc(C)ccc1NC1CCCC(C)C1C. The molecule has 1 aliphatic carbocycles. The van der Waals surface area contributed by atoms with E-state index in [1.807, 2.05) is 25.1 Å². The first-order chi connectivity index (χ1) is 9.52. The summed E-state index contributed by atoms with van der Waals surface area (Å²) in [6, 6.07) is 6.36. The number of anilines is 1. The van der Waals surface area contributed by atoms with E-state index in [2.05, 4.69) is 19.2 Å². The van der Waals surface area contributed by atoms with Gasteiger partial charge in [0.15, 0.2) is 0 Å². The Labute approximate surface area is 121 Å². The molecule has 0 bridgehead atoms. The highest BCUT2D eigenvalue weighted by atomic mass is 16.5. The Morgan fingerprint density at radius 3 is 2.75 bits per heavy atom. The van der Waals surface area contributed by atoms with Gasteiger partial charge in [-0.3, -0.25) is 0 Å². The van der Waals surface area contributed by atoms with Crippen LogP contribution in [0.15, 0.2) is 18.2 Å². The van der Waals surface area contributed by atoms with Crippen LogP contribution in [0, 0.1) is 18.8 Å². The lowest BCUT2D eigenvalue weighted by Gasteiger charge is -2.35. The van der Waals surface area contributed by atoms with E-state index in [-0.39, 0.29) is 5.97 Å². The molecule has 1 aliphatic rings. The van der Waals surface area contributed by atoms with Crippen molar-refractivity contribution >= 4 is 11.7 Å². The molecule has 0 aliphatic heterocycles. The van der Waals surface area contributed by atoms with Crippen molar-refractivity contribution in [1.29, 1.82) is 0 Å². The maximum absolute atomic E-state index is 11.9. The first-order valence-corrected chi connectivity index (χ1v) is 7.48. The smallest absolute Gasteiger partial charge is 0.339 e. The summed E-state index contributed by atoms with van der Waals surface area (Å²) in [4.78, 5) is 11.9. The Bertz CT molecular complexity index is 484. The van der Waals surface area contributed by atoms with E-state index in [4.69, 9.17) is 4.74 Å². The van der Waals surface area contributed by atoms with Crippen LogP contribution in [0.4, 0.5) is 5.69 Å². The molecule has 20 heavy (non-hydrogen) atoms. The zero-order valence-electron chi connectivity index (χ0n) is 12.9. The third kappa shape index (κ3) is 3.14. The molecule has 0 radical (unpaired) electrons. The first kappa shape index (κ1) is 14.9. The van der Waals surface area contributed by atoms with E-state index in [1.54, 1.807) is 0 Å². The molecule has 0 heterocycles. The quantitative estimate of drug-likeness (QED) is 0.847. The van der Waals surface area contributed by atoms with Crippen molar-refractivity contribution in [3.63, 3.8) is 0 Å². The van der Waals surface area contributed by atoms with E-state index in [0.29, 0.717) is 17.5 Å². The number of aryl methyl sites for hydroxylation is 1. The number of nitrogens with one attached hydrogen (secondary N) is 1. The highest BCUT2D eigenvalue weighted by molar-refractivity contribution is 5.95. The Kier molecular flexibility index (Phi) is 4.69. The largest absolute Gasteiger partial charge is 0.465 e. The van der Waals surface area contributed by atoms with Gasteiger partial charge in [-0.05, 0) is 37.3 Å². The van der Waals surface area contributed by atoms with Crippen molar-refractivity contribution < 1.29 is 9.53 Å². The standard InChI is InChI=1S/C17H25NO2/c1-11-8-9-16(14(10-11)17(19)20-4)18-15-7-5-6-12(2)13(15)3/h8-10,12-13,15,18H,5-7H2,1-4H3. The second-order valence-corrected chi connectivity index (χ2v) is 6.06. The molecule has 0 aromatic heterocycles. The van der Waals surface area contributed by atoms with Gasteiger partial charge < -0.3 is 10.1 Å². The molecule has 1 saturated carbocycles. The molecule has 0 spiro atoms. The highest BCUT2D eigenvalue weighted by Crippen LogP contribution is 2.32. The molecule has 0 amide bonds. The van der Waals surface area contributed by atoms with Crippen LogP contribution in [-0.2, 0) is 4.74 Å². The topological polar surface area (TPSA) is 38.3 Å². The lowest BCUT2D eigenvalue weighted by Crippen LogP contribution is -2.35. The Balaban J connectivity index is 2.22. The Hall–Kier alpha value is -1.51. The number of hydrogen-bond acceptors (Lipinski definition) is 3. The van der Waals surface area contributed by atoms with Crippen molar-refractivity contribution in [2.75, 3.05) is 12.4 Å². The summed E-state index contributed by atoms with van der Waals surface area (Å²) in [6.45, 7) is 6.60. The maximum atomic E-state index is 11.9. The van der Waals surface area contributed by atoms with Crippen LogP contribution in [0.5, 0.6) is 0 Å². The molecule has 1 N–H and O–H groups in total. The predicted octanol–water partition coefficient (Wildman–Crippen LogP) is 4.02. The van der Waals surface area contributed by atoms with E-state index in [9.17, 15) is 4.79 Å². The fraction of sp³-hybridized carbons (Fsp3) is 0.588. The van der Waals surface area contributed by atoms with Crippen LogP contribution in [0.2, 0.25) is 0 Å². The maximum Gasteiger partial charge on any atom is 0.339 e. The zero-order chi connectivity index (χ0) is 14.7. The first-order valence-electron chi connectivity index (χ1n) is 7.48. The number of benzene rings is 1. The summed E-state index contributed by atoms with van der Waals surface area (Å²) in [5, 5.41) is 3.57. The average molecular weight is 275 g/mol. The molecule has 0 saturated heterocycles. The van der Waals surface area contributed by atoms with Gasteiger partial charge in [-0.15, -0.1) is 0 Å². The minimum Gasteiger partial charge on any atom is -0.465 e. The summed E-state index contributed by atoms with van der Waals surface area (Å²) in [5.74, 6) is 1.08. The van der Waals surface area contributed by atoms with Gasteiger partial charge in [-0.25, -0.2) is 4.79 Å². The lowest BCUT2D eigenvalue weighted by atomic mass is 9.78. The van der Waals surface area contributed by atoms with E-state index < -0.39 is 0 Å². The summed E-state index contributed by atoms with van der Waals surface area (Å²) in [6.07, 6.45) is 3.72. The number of carbonyl (C=O) groups excluding carboxylic acids is 1. The van der Waals surface area contributed by atoms with Gasteiger partial charge in [0.2, 0.25) is 0 Å². The minimum absolute atomic E-state index is 0.271. The summed E-state index contributed by atoms with van der Waals surface area (Å²) < 4.78 is 4.89. The molecule has 1 fully saturated rings. The molecule has 1 aromatic carbocycles. The molecule has 3 nitrogen and oxygen atoms in total. The zero-order valence-corrected chi connectivity index (χ0v) is 12.9. The minimum atomic E-state index is -0.271. The average Bonchev–Trinajstić information content (AvgIpc) is 2.44. The van der Waals surface area contributed by atoms with Crippen LogP contribution in [0.25, 0.3) is 0 Å². The molecule has 3 atom stereocenters. The monoisotopic (exact) mass is 275 g/mol. The molecule has 110 valence electrons. The van der Waals surface area contributed by atoms with Gasteiger partial charge in [-0.2, -0.15) is 0 Å². The van der Waals surface area contributed by atoms with Crippen molar-refractivity contribution in [2.24, 2.45) is 11.8 Å². The number of esters is 1. The number of methoxy groups -OCH3 is 1. The van der Waals surface area contributed by atoms with Crippen molar-refractivity contribution in [2.45, 2.75) is 46.1 Å². The van der Waals surface area contributed by atoms with Crippen LogP contribution < -0.4 is 5.32 Å². The normalized spacial score (nSPS) is 26.1. The van der Waals surface area contributed by atoms with Crippen LogP contribution in [0.1, 0.15) is 49.0 Å². The van der Waals surface area contributed by atoms with Gasteiger partial charge >= 0.3 is 5.97 Å². The summed E-state index contributed by atoms with van der Waals surface area (Å²) in [7, 11) is 1.43. The summed E-state index contributed by atoms with van der Waals surface area (Å²) >= 11 is 0. The van der Waals surface area contributed by atoms with E-state index >= 15 is 0 Å². The number of ether oxygens (including phenoxy) is 1. The van der Waals surface area contributed by atoms with Crippen molar-refractivity contribution in [3.05, 3.63) is 29.3 Å². The number of rotatable bonds is 3. The second kappa shape index (κ2) is 6.29. The third-order valence-electron chi connectivity index (χ3n) is 4.63. The fourth-order valence-corrected chi connectivity index (χ4v) is 3.05. The second-order valence-electron chi connectivity index (χ2n) is 6.06. The molecule has 1 aromatic rings. The van der Waals surface area contributed by atoms with Gasteiger partial charge in [0, 0.05) is 11.7 Å². The Morgan fingerprint density at radius 2 is 2.05 bits per heavy atom. The van der Waals surface area contributed by atoms with Gasteiger partial charge in [0.25, 0.3) is 0 Å². The molecular formula is C17H25NO2. The van der Waals surface area contributed by atoms with Crippen molar-refractivity contribution in [3.8, 4) is 0 Å². The van der Waals surface area contributed by atoms with Gasteiger partial charge in [0.05, 0.1) is 12.7 Å². The number of hydrogen-bond donors (Lipinski definition) is 1. The molecule has 3 heteroatoms. The fourth-order valence-electron chi connectivity index (χ4n) is 3.05. The van der Waals surface area contributed by atoms with E-state index in [1.165, 1.54) is 26.4 Å². The van der Waals surface area contributed by atoms with Crippen LogP contribution >= 0.6 is 0 Å². The van der Waals surface area contributed by atoms with Crippen molar-refractivity contribution in [1.82, 2.24) is 0 Å².